The summed E-state index contributed by atoms with van der Waals surface area (Å²) in [5.74, 6) is 3.05. The normalized spacial score (nSPS) is 24.5. The minimum atomic E-state index is 0.149. The molecule has 0 saturated carbocycles. The predicted octanol–water partition coefficient (Wildman–Crippen LogP) is 2.03. The van der Waals surface area contributed by atoms with E-state index >= 15 is 0 Å². The number of amides is 1. The molecule has 1 saturated heterocycles. The summed E-state index contributed by atoms with van der Waals surface area (Å²) in [4.78, 5) is 14.4. The number of terminal acetylenes is 1. The van der Waals surface area contributed by atoms with Crippen LogP contribution < -0.4 is 5.32 Å². The number of nitrogens with one attached hydrogen (secondary N) is 1. The molecule has 1 fully saturated rings. The Balaban J connectivity index is 2.38. The Labute approximate surface area is 111 Å². The van der Waals surface area contributed by atoms with Crippen molar-refractivity contribution in [2.45, 2.75) is 52.0 Å². The van der Waals surface area contributed by atoms with Gasteiger partial charge in [-0.3, -0.25) is 9.69 Å². The van der Waals surface area contributed by atoms with Crippen LogP contribution in [-0.4, -0.2) is 36.5 Å². The number of unbranched alkanes of at least 4 members (excludes halogenated alkanes) is 1. The molecule has 2 atom stereocenters. The van der Waals surface area contributed by atoms with Crippen molar-refractivity contribution in [1.29, 1.82) is 0 Å². The molecule has 102 valence electrons. The first-order valence-corrected chi connectivity index (χ1v) is 7.14. The average molecular weight is 250 g/mol. The lowest BCUT2D eigenvalue weighted by atomic mass is 9.92. The summed E-state index contributed by atoms with van der Waals surface area (Å²) in [6.45, 7) is 6.95. The fourth-order valence-corrected chi connectivity index (χ4v) is 2.45. The van der Waals surface area contributed by atoms with Gasteiger partial charge in [0.1, 0.15) is 0 Å². The van der Waals surface area contributed by atoms with E-state index < -0.39 is 0 Å². The number of piperidine rings is 1. The van der Waals surface area contributed by atoms with Crippen LogP contribution in [0.3, 0.4) is 0 Å². The van der Waals surface area contributed by atoms with Crippen LogP contribution in [-0.2, 0) is 4.79 Å². The van der Waals surface area contributed by atoms with E-state index in [1.165, 1.54) is 0 Å². The third kappa shape index (κ3) is 4.70. The highest BCUT2D eigenvalue weighted by Crippen LogP contribution is 2.22. The van der Waals surface area contributed by atoms with Crippen molar-refractivity contribution in [3.05, 3.63) is 0 Å². The number of carbonyl (C=O) groups excluding carboxylic acids is 1. The van der Waals surface area contributed by atoms with Gasteiger partial charge in [-0.05, 0) is 26.2 Å². The highest BCUT2D eigenvalue weighted by atomic mass is 16.1. The molecule has 0 aromatic rings. The molecule has 0 radical (unpaired) electrons. The fourth-order valence-electron chi connectivity index (χ4n) is 2.45. The van der Waals surface area contributed by atoms with Crippen molar-refractivity contribution in [2.75, 3.05) is 19.6 Å². The van der Waals surface area contributed by atoms with Gasteiger partial charge in [-0.25, -0.2) is 0 Å². The summed E-state index contributed by atoms with van der Waals surface area (Å²) in [5, 5.41) is 3.04. The van der Waals surface area contributed by atoms with Gasteiger partial charge in [-0.1, -0.05) is 13.3 Å². The molecular formula is C15H26N2O. The first-order valence-electron chi connectivity index (χ1n) is 7.14. The molecule has 3 heteroatoms. The van der Waals surface area contributed by atoms with Gasteiger partial charge in [0, 0.05) is 32.1 Å². The van der Waals surface area contributed by atoms with E-state index in [2.05, 4.69) is 30.0 Å². The van der Waals surface area contributed by atoms with Crippen LogP contribution in [0, 0.1) is 18.3 Å². The second-order valence-electron chi connectivity index (χ2n) is 5.22. The molecule has 0 bridgehead atoms. The predicted molar refractivity (Wildman–Crippen MR) is 75.1 cm³/mol. The third-order valence-corrected chi connectivity index (χ3v) is 3.75. The Kier molecular flexibility index (Phi) is 6.82. The van der Waals surface area contributed by atoms with E-state index in [1.807, 2.05) is 0 Å². The molecule has 3 nitrogen and oxygen atoms in total. The molecule has 0 aromatic carbocycles. The van der Waals surface area contributed by atoms with Gasteiger partial charge in [0.25, 0.3) is 0 Å². The van der Waals surface area contributed by atoms with Crippen molar-refractivity contribution in [2.24, 2.45) is 5.92 Å². The monoisotopic (exact) mass is 250 g/mol. The van der Waals surface area contributed by atoms with Gasteiger partial charge in [0.15, 0.2) is 0 Å². The van der Waals surface area contributed by atoms with Crippen LogP contribution in [0.1, 0.15) is 46.0 Å². The van der Waals surface area contributed by atoms with Crippen molar-refractivity contribution >= 4 is 5.91 Å². The number of hydrogen-bond acceptors (Lipinski definition) is 2. The second kappa shape index (κ2) is 8.16. The van der Waals surface area contributed by atoms with Crippen LogP contribution in [0.4, 0.5) is 0 Å². The summed E-state index contributed by atoms with van der Waals surface area (Å²) in [7, 11) is 0. The number of likely N-dealkylation sites (tertiary alicyclic amines) is 1. The van der Waals surface area contributed by atoms with E-state index in [4.69, 9.17) is 6.42 Å². The molecule has 1 amide bonds. The summed E-state index contributed by atoms with van der Waals surface area (Å²) in [6, 6.07) is 0.554. The minimum Gasteiger partial charge on any atom is -0.356 e. The minimum absolute atomic E-state index is 0.149. The van der Waals surface area contributed by atoms with E-state index in [1.54, 1.807) is 0 Å². The lowest BCUT2D eigenvalue weighted by Crippen LogP contribution is -2.47. The summed E-state index contributed by atoms with van der Waals surface area (Å²) in [6.07, 6.45) is 10.4. The standard InChI is InChI=1S/C15H26N2O/c1-4-6-10-16-15(18)14-9-8-13(3)17(12-14)11-7-5-2/h2,13-14H,4,6-12H2,1,3H3,(H,16,18)/t13-,14+/m1/s1. The molecule has 1 aliphatic heterocycles. The van der Waals surface area contributed by atoms with Gasteiger partial charge in [-0.2, -0.15) is 0 Å². The number of nitrogens with zero attached hydrogens (tertiary/aromatic N) is 1. The van der Waals surface area contributed by atoms with Crippen LogP contribution in [0.5, 0.6) is 0 Å². The van der Waals surface area contributed by atoms with Crippen molar-refractivity contribution < 1.29 is 4.79 Å². The van der Waals surface area contributed by atoms with Gasteiger partial charge >= 0.3 is 0 Å². The van der Waals surface area contributed by atoms with Gasteiger partial charge < -0.3 is 5.32 Å². The molecule has 0 unspecified atom stereocenters. The first kappa shape index (κ1) is 15.0. The Morgan fingerprint density at radius 3 is 2.94 bits per heavy atom. The van der Waals surface area contributed by atoms with Crippen LogP contribution in [0.25, 0.3) is 0 Å². The molecule has 18 heavy (non-hydrogen) atoms. The maximum absolute atomic E-state index is 12.0. The molecule has 0 aromatic heterocycles. The molecule has 0 spiro atoms. The van der Waals surface area contributed by atoms with E-state index in [-0.39, 0.29) is 11.8 Å². The zero-order valence-corrected chi connectivity index (χ0v) is 11.7. The number of hydrogen-bond donors (Lipinski definition) is 1. The topological polar surface area (TPSA) is 32.3 Å². The SMILES string of the molecule is C#CCCN1C[C@@H](C(=O)NCCCC)CC[C@H]1C. The lowest BCUT2D eigenvalue weighted by Gasteiger charge is -2.37. The molecular weight excluding hydrogens is 224 g/mol. The number of carbonyl (C=O) groups is 1. The highest BCUT2D eigenvalue weighted by Gasteiger charge is 2.29. The average Bonchev–Trinajstić information content (AvgIpc) is 2.38. The maximum Gasteiger partial charge on any atom is 0.224 e. The van der Waals surface area contributed by atoms with Gasteiger partial charge in [-0.15, -0.1) is 12.3 Å². The molecule has 1 aliphatic rings. The summed E-state index contributed by atoms with van der Waals surface area (Å²) in [5.41, 5.74) is 0. The van der Waals surface area contributed by atoms with Crippen molar-refractivity contribution in [3.8, 4) is 12.3 Å². The van der Waals surface area contributed by atoms with Crippen LogP contribution in [0.2, 0.25) is 0 Å². The Morgan fingerprint density at radius 2 is 2.28 bits per heavy atom. The lowest BCUT2D eigenvalue weighted by molar-refractivity contribution is -0.127. The second-order valence-corrected chi connectivity index (χ2v) is 5.22. The molecule has 1 rings (SSSR count). The van der Waals surface area contributed by atoms with Crippen LogP contribution >= 0.6 is 0 Å². The van der Waals surface area contributed by atoms with Crippen LogP contribution in [0.15, 0.2) is 0 Å². The summed E-state index contributed by atoms with van der Waals surface area (Å²) < 4.78 is 0. The fraction of sp³-hybridized carbons (Fsp3) is 0.800. The van der Waals surface area contributed by atoms with Gasteiger partial charge in [0.05, 0.1) is 5.92 Å². The molecule has 0 aliphatic carbocycles. The number of rotatable bonds is 6. The largest absolute Gasteiger partial charge is 0.356 e. The smallest absolute Gasteiger partial charge is 0.224 e. The van der Waals surface area contributed by atoms with E-state index in [0.717, 1.165) is 51.7 Å². The van der Waals surface area contributed by atoms with E-state index in [0.29, 0.717) is 6.04 Å². The maximum atomic E-state index is 12.0. The molecule has 1 heterocycles. The van der Waals surface area contributed by atoms with Crippen molar-refractivity contribution in [3.63, 3.8) is 0 Å². The molecule has 1 N–H and O–H groups in total. The third-order valence-electron chi connectivity index (χ3n) is 3.75. The first-order chi connectivity index (χ1) is 8.69. The Bertz CT molecular complexity index is 295. The summed E-state index contributed by atoms with van der Waals surface area (Å²) >= 11 is 0. The quantitative estimate of drug-likeness (QED) is 0.578. The Hall–Kier alpha value is -1.01. The van der Waals surface area contributed by atoms with E-state index in [9.17, 15) is 4.79 Å². The van der Waals surface area contributed by atoms with Gasteiger partial charge in [0.2, 0.25) is 5.91 Å². The zero-order chi connectivity index (χ0) is 13.4. The Morgan fingerprint density at radius 1 is 1.50 bits per heavy atom. The van der Waals surface area contributed by atoms with Crippen molar-refractivity contribution in [1.82, 2.24) is 10.2 Å². The highest BCUT2D eigenvalue weighted by molar-refractivity contribution is 5.78. The zero-order valence-electron chi connectivity index (χ0n) is 11.7.